The molecule has 1 atom stereocenters. The number of hydrogen-bond donors (Lipinski definition) is 1. The van der Waals surface area contributed by atoms with Gasteiger partial charge in [-0.1, -0.05) is 56.5 Å². The van der Waals surface area contributed by atoms with Gasteiger partial charge < -0.3 is 10.1 Å². The molecule has 1 saturated carbocycles. The van der Waals surface area contributed by atoms with Crippen LogP contribution in [0, 0.1) is 0 Å². The molecule has 18 heavy (non-hydrogen) atoms. The Morgan fingerprint density at radius 2 is 1.89 bits per heavy atom. The van der Waals surface area contributed by atoms with Crippen molar-refractivity contribution in [3.05, 3.63) is 35.9 Å². The first kappa shape index (κ1) is 13.6. The van der Waals surface area contributed by atoms with E-state index in [1.54, 1.807) is 0 Å². The van der Waals surface area contributed by atoms with Crippen LogP contribution in [0.1, 0.15) is 50.6 Å². The van der Waals surface area contributed by atoms with Crippen LogP contribution in [0.5, 0.6) is 0 Å². The number of ether oxygens (including phenoxy) is 1. The lowest BCUT2D eigenvalue weighted by Gasteiger charge is -2.25. The highest BCUT2D eigenvalue weighted by Gasteiger charge is 2.17. The van der Waals surface area contributed by atoms with Crippen molar-refractivity contribution in [3.8, 4) is 0 Å². The van der Waals surface area contributed by atoms with Crippen molar-refractivity contribution < 1.29 is 4.74 Å². The van der Waals surface area contributed by atoms with E-state index in [1.807, 2.05) is 0 Å². The van der Waals surface area contributed by atoms with Gasteiger partial charge in [-0.25, -0.2) is 0 Å². The highest BCUT2D eigenvalue weighted by molar-refractivity contribution is 5.18. The minimum Gasteiger partial charge on any atom is -0.376 e. The standard InChI is InChI=1S/C16H25NO/c1-2-17-16(14-9-5-3-6-10-14)13-18-15-11-7-4-8-12-15/h3,5-6,9-10,15-17H,2,4,7-8,11-13H2,1H3. The largest absolute Gasteiger partial charge is 0.376 e. The van der Waals surface area contributed by atoms with E-state index in [0.29, 0.717) is 12.1 Å². The first-order valence-electron chi connectivity index (χ1n) is 7.30. The van der Waals surface area contributed by atoms with Crippen molar-refractivity contribution in [1.82, 2.24) is 5.32 Å². The summed E-state index contributed by atoms with van der Waals surface area (Å²) < 4.78 is 6.09. The van der Waals surface area contributed by atoms with Crippen LogP contribution < -0.4 is 5.32 Å². The highest BCUT2D eigenvalue weighted by atomic mass is 16.5. The fourth-order valence-corrected chi connectivity index (χ4v) is 2.67. The van der Waals surface area contributed by atoms with Crippen LogP contribution in [-0.4, -0.2) is 19.3 Å². The van der Waals surface area contributed by atoms with E-state index in [2.05, 4.69) is 42.6 Å². The maximum Gasteiger partial charge on any atom is 0.0665 e. The first-order valence-corrected chi connectivity index (χ1v) is 7.30. The Balaban J connectivity index is 1.86. The smallest absolute Gasteiger partial charge is 0.0665 e. The molecule has 1 aliphatic rings. The highest BCUT2D eigenvalue weighted by Crippen LogP contribution is 2.22. The molecule has 0 saturated heterocycles. The van der Waals surface area contributed by atoms with Gasteiger partial charge in [0.25, 0.3) is 0 Å². The molecule has 0 bridgehead atoms. The number of likely N-dealkylation sites (N-methyl/N-ethyl adjacent to an activating group) is 1. The molecule has 1 N–H and O–H groups in total. The maximum absolute atomic E-state index is 6.09. The molecule has 2 rings (SSSR count). The van der Waals surface area contributed by atoms with E-state index in [4.69, 9.17) is 4.74 Å². The van der Waals surface area contributed by atoms with Crippen LogP contribution in [-0.2, 0) is 4.74 Å². The van der Waals surface area contributed by atoms with Gasteiger partial charge in [-0.15, -0.1) is 0 Å². The van der Waals surface area contributed by atoms with E-state index in [1.165, 1.54) is 37.7 Å². The monoisotopic (exact) mass is 247 g/mol. The molecular formula is C16H25NO. The Hall–Kier alpha value is -0.860. The van der Waals surface area contributed by atoms with Gasteiger partial charge in [0, 0.05) is 0 Å². The summed E-state index contributed by atoms with van der Waals surface area (Å²) >= 11 is 0. The van der Waals surface area contributed by atoms with Crippen molar-refractivity contribution in [1.29, 1.82) is 0 Å². The lowest BCUT2D eigenvalue weighted by Crippen LogP contribution is -2.28. The topological polar surface area (TPSA) is 21.3 Å². The van der Waals surface area contributed by atoms with Crippen LogP contribution in [0.4, 0.5) is 0 Å². The zero-order valence-corrected chi connectivity index (χ0v) is 11.4. The summed E-state index contributed by atoms with van der Waals surface area (Å²) in [6, 6.07) is 10.9. The van der Waals surface area contributed by atoms with Crippen molar-refractivity contribution in [3.63, 3.8) is 0 Å². The minimum atomic E-state index is 0.332. The molecule has 1 unspecified atom stereocenters. The molecular weight excluding hydrogens is 222 g/mol. The third kappa shape index (κ3) is 4.11. The summed E-state index contributed by atoms with van der Waals surface area (Å²) in [5.41, 5.74) is 1.33. The van der Waals surface area contributed by atoms with Crippen LogP contribution in [0.25, 0.3) is 0 Å². The number of nitrogens with one attached hydrogen (secondary N) is 1. The molecule has 0 spiro atoms. The Kier molecular flexibility index (Phi) is 5.69. The van der Waals surface area contributed by atoms with Crippen LogP contribution in [0.15, 0.2) is 30.3 Å². The van der Waals surface area contributed by atoms with Crippen molar-refractivity contribution in [2.75, 3.05) is 13.2 Å². The van der Waals surface area contributed by atoms with Crippen LogP contribution >= 0.6 is 0 Å². The van der Waals surface area contributed by atoms with E-state index < -0.39 is 0 Å². The lowest BCUT2D eigenvalue weighted by atomic mass is 9.97. The third-order valence-corrected chi connectivity index (χ3v) is 3.70. The maximum atomic E-state index is 6.09. The fraction of sp³-hybridized carbons (Fsp3) is 0.625. The van der Waals surface area contributed by atoms with Gasteiger partial charge in [0.05, 0.1) is 18.8 Å². The zero-order chi connectivity index (χ0) is 12.6. The SMILES string of the molecule is CCNC(COC1CCCCC1)c1ccccc1. The van der Waals surface area contributed by atoms with Crippen molar-refractivity contribution >= 4 is 0 Å². The molecule has 2 heteroatoms. The predicted molar refractivity (Wildman–Crippen MR) is 75.7 cm³/mol. The molecule has 100 valence electrons. The fourth-order valence-electron chi connectivity index (χ4n) is 2.67. The quantitative estimate of drug-likeness (QED) is 0.828. The Morgan fingerprint density at radius 3 is 2.56 bits per heavy atom. The van der Waals surface area contributed by atoms with Crippen molar-refractivity contribution in [2.45, 2.75) is 51.2 Å². The van der Waals surface area contributed by atoms with E-state index in [9.17, 15) is 0 Å². The van der Waals surface area contributed by atoms with Crippen molar-refractivity contribution in [2.24, 2.45) is 0 Å². The third-order valence-electron chi connectivity index (χ3n) is 3.70. The minimum absolute atomic E-state index is 0.332. The van der Waals surface area contributed by atoms with E-state index in [0.717, 1.165) is 13.2 Å². The number of rotatable bonds is 6. The zero-order valence-electron chi connectivity index (χ0n) is 11.4. The van der Waals surface area contributed by atoms with Gasteiger partial charge in [0.15, 0.2) is 0 Å². The number of benzene rings is 1. The summed E-state index contributed by atoms with van der Waals surface area (Å²) in [4.78, 5) is 0. The summed E-state index contributed by atoms with van der Waals surface area (Å²) in [6.45, 7) is 3.92. The summed E-state index contributed by atoms with van der Waals surface area (Å²) in [6.07, 6.45) is 7.03. The molecule has 1 fully saturated rings. The van der Waals surface area contributed by atoms with Gasteiger partial charge in [-0.05, 0) is 24.9 Å². The van der Waals surface area contributed by atoms with Gasteiger partial charge in [-0.2, -0.15) is 0 Å². The van der Waals surface area contributed by atoms with E-state index >= 15 is 0 Å². The van der Waals surface area contributed by atoms with Crippen LogP contribution in [0.2, 0.25) is 0 Å². The Morgan fingerprint density at radius 1 is 1.17 bits per heavy atom. The second-order valence-electron chi connectivity index (χ2n) is 5.11. The molecule has 1 aromatic rings. The van der Waals surface area contributed by atoms with Gasteiger partial charge in [-0.3, -0.25) is 0 Å². The second kappa shape index (κ2) is 7.55. The molecule has 2 nitrogen and oxygen atoms in total. The molecule has 0 aliphatic heterocycles. The molecule has 0 radical (unpaired) electrons. The number of hydrogen-bond acceptors (Lipinski definition) is 2. The summed E-state index contributed by atoms with van der Waals surface area (Å²) in [7, 11) is 0. The van der Waals surface area contributed by atoms with E-state index in [-0.39, 0.29) is 0 Å². The van der Waals surface area contributed by atoms with Gasteiger partial charge in [0.1, 0.15) is 0 Å². The molecule has 0 heterocycles. The summed E-state index contributed by atoms with van der Waals surface area (Å²) in [5, 5.41) is 3.51. The van der Waals surface area contributed by atoms with Gasteiger partial charge in [0.2, 0.25) is 0 Å². The molecule has 0 amide bonds. The average molecular weight is 247 g/mol. The molecule has 0 aromatic heterocycles. The van der Waals surface area contributed by atoms with Gasteiger partial charge >= 0.3 is 0 Å². The Labute approximate surface area is 111 Å². The van der Waals surface area contributed by atoms with Crippen LogP contribution in [0.3, 0.4) is 0 Å². The average Bonchev–Trinajstić information content (AvgIpc) is 2.45. The lowest BCUT2D eigenvalue weighted by molar-refractivity contribution is 0.0158. The second-order valence-corrected chi connectivity index (χ2v) is 5.11. The normalized spacial score (nSPS) is 18.7. The first-order chi connectivity index (χ1) is 8.90. The summed E-state index contributed by atoms with van der Waals surface area (Å²) in [5.74, 6) is 0. The molecule has 1 aliphatic carbocycles. The molecule has 1 aromatic carbocycles. The Bertz CT molecular complexity index is 319. The predicted octanol–water partition coefficient (Wildman–Crippen LogP) is 3.69.